The van der Waals surface area contributed by atoms with Gasteiger partial charge in [0, 0.05) is 11.8 Å². The summed E-state index contributed by atoms with van der Waals surface area (Å²) in [6.45, 7) is 0.975. The summed E-state index contributed by atoms with van der Waals surface area (Å²) in [5.41, 5.74) is 2.26. The predicted molar refractivity (Wildman–Crippen MR) is 82.9 cm³/mol. The monoisotopic (exact) mass is 310 g/mol. The Balaban J connectivity index is 1.58. The van der Waals surface area contributed by atoms with E-state index in [0.29, 0.717) is 17.4 Å². The Bertz CT molecular complexity index is 809. The van der Waals surface area contributed by atoms with Gasteiger partial charge in [0.15, 0.2) is 0 Å². The van der Waals surface area contributed by atoms with Crippen LogP contribution < -0.4 is 5.32 Å². The van der Waals surface area contributed by atoms with E-state index in [1.807, 2.05) is 18.2 Å². The largest absolute Gasteiger partial charge is 0.337 e. The zero-order chi connectivity index (χ0) is 15.6. The Kier molecular flexibility index (Phi) is 3.59. The minimum Gasteiger partial charge on any atom is -0.337 e. The maximum atomic E-state index is 13.3. The van der Waals surface area contributed by atoms with Gasteiger partial charge < -0.3 is 9.84 Å². The van der Waals surface area contributed by atoms with E-state index in [4.69, 9.17) is 4.52 Å². The molecule has 0 spiro atoms. The Labute approximate surface area is 132 Å². The van der Waals surface area contributed by atoms with Crippen LogP contribution in [0.1, 0.15) is 24.8 Å². The fraction of sp³-hybridized carbons (Fsp3) is 0.235. The SMILES string of the molecule is Fc1cccc(-c2ccc(-c3noc(C4CCCN4)n3)nc2)c1. The number of pyridine rings is 1. The normalized spacial score (nSPS) is 17.5. The molecule has 1 saturated heterocycles. The summed E-state index contributed by atoms with van der Waals surface area (Å²) in [6.07, 6.45) is 3.81. The molecule has 116 valence electrons. The van der Waals surface area contributed by atoms with E-state index in [9.17, 15) is 4.39 Å². The molecule has 1 aliphatic rings. The first kappa shape index (κ1) is 14.0. The van der Waals surface area contributed by atoms with E-state index in [1.54, 1.807) is 12.3 Å². The lowest BCUT2D eigenvalue weighted by molar-refractivity contribution is 0.345. The first-order valence-corrected chi connectivity index (χ1v) is 7.59. The second-order valence-corrected chi connectivity index (χ2v) is 5.55. The number of nitrogens with zero attached hydrogens (tertiary/aromatic N) is 3. The Morgan fingerprint density at radius 2 is 2.13 bits per heavy atom. The van der Waals surface area contributed by atoms with Gasteiger partial charge in [0.1, 0.15) is 11.5 Å². The molecule has 1 unspecified atom stereocenters. The van der Waals surface area contributed by atoms with Gasteiger partial charge in [-0.3, -0.25) is 4.98 Å². The molecule has 0 saturated carbocycles. The average Bonchev–Trinajstić information content (AvgIpc) is 3.26. The highest BCUT2D eigenvalue weighted by atomic mass is 19.1. The smallest absolute Gasteiger partial charge is 0.244 e. The van der Waals surface area contributed by atoms with E-state index in [2.05, 4.69) is 20.4 Å². The molecule has 23 heavy (non-hydrogen) atoms. The van der Waals surface area contributed by atoms with Crippen LogP contribution in [0, 0.1) is 5.82 Å². The molecule has 1 fully saturated rings. The van der Waals surface area contributed by atoms with Crippen molar-refractivity contribution in [2.75, 3.05) is 6.54 Å². The van der Waals surface area contributed by atoms with Gasteiger partial charge in [0.2, 0.25) is 11.7 Å². The van der Waals surface area contributed by atoms with E-state index in [0.717, 1.165) is 30.5 Å². The van der Waals surface area contributed by atoms with Crippen LogP contribution in [-0.4, -0.2) is 21.7 Å². The van der Waals surface area contributed by atoms with Crippen LogP contribution in [0.25, 0.3) is 22.6 Å². The summed E-state index contributed by atoms with van der Waals surface area (Å²) < 4.78 is 18.6. The first-order valence-electron chi connectivity index (χ1n) is 7.59. The minimum atomic E-state index is -0.265. The molecule has 3 heterocycles. The highest BCUT2D eigenvalue weighted by molar-refractivity contribution is 5.64. The highest BCUT2D eigenvalue weighted by Crippen LogP contribution is 2.25. The molecule has 4 rings (SSSR count). The molecule has 2 aromatic heterocycles. The predicted octanol–water partition coefficient (Wildman–Crippen LogP) is 3.36. The van der Waals surface area contributed by atoms with Gasteiger partial charge in [-0.15, -0.1) is 0 Å². The van der Waals surface area contributed by atoms with E-state index in [-0.39, 0.29) is 11.9 Å². The first-order chi connectivity index (χ1) is 11.3. The number of hydrogen-bond donors (Lipinski definition) is 1. The van der Waals surface area contributed by atoms with Crippen molar-refractivity contribution < 1.29 is 8.91 Å². The van der Waals surface area contributed by atoms with Gasteiger partial charge in [0.05, 0.1) is 6.04 Å². The van der Waals surface area contributed by atoms with Crippen LogP contribution in [0.4, 0.5) is 4.39 Å². The standard InChI is InChI=1S/C17H15FN4O/c18-13-4-1-3-11(9-13)12-6-7-14(20-10-12)16-21-17(23-22-16)15-5-2-8-19-15/h1,3-4,6-7,9-10,15,19H,2,5,8H2. The quantitative estimate of drug-likeness (QED) is 0.803. The van der Waals surface area contributed by atoms with E-state index in [1.165, 1.54) is 12.1 Å². The van der Waals surface area contributed by atoms with E-state index >= 15 is 0 Å². The van der Waals surface area contributed by atoms with Crippen molar-refractivity contribution in [1.82, 2.24) is 20.4 Å². The fourth-order valence-electron chi connectivity index (χ4n) is 2.74. The molecule has 3 aromatic rings. The summed E-state index contributed by atoms with van der Waals surface area (Å²) in [7, 11) is 0. The summed E-state index contributed by atoms with van der Waals surface area (Å²) in [6, 6.07) is 10.3. The fourth-order valence-corrected chi connectivity index (χ4v) is 2.74. The number of hydrogen-bond acceptors (Lipinski definition) is 5. The number of aromatic nitrogens is 3. The Morgan fingerprint density at radius 3 is 2.87 bits per heavy atom. The Morgan fingerprint density at radius 1 is 1.17 bits per heavy atom. The topological polar surface area (TPSA) is 63.8 Å². The maximum absolute atomic E-state index is 13.3. The van der Waals surface area contributed by atoms with Gasteiger partial charge >= 0.3 is 0 Å². The molecule has 0 radical (unpaired) electrons. The highest BCUT2D eigenvalue weighted by Gasteiger charge is 2.22. The van der Waals surface area contributed by atoms with Gasteiger partial charge in [-0.1, -0.05) is 23.4 Å². The van der Waals surface area contributed by atoms with Crippen molar-refractivity contribution >= 4 is 0 Å². The second kappa shape index (κ2) is 5.89. The number of rotatable bonds is 3. The van der Waals surface area contributed by atoms with Crippen LogP contribution in [-0.2, 0) is 0 Å². The molecule has 0 aliphatic carbocycles. The third-order valence-electron chi connectivity index (χ3n) is 3.95. The number of halogens is 1. The van der Waals surface area contributed by atoms with E-state index < -0.39 is 0 Å². The second-order valence-electron chi connectivity index (χ2n) is 5.55. The minimum absolute atomic E-state index is 0.141. The molecular weight excluding hydrogens is 295 g/mol. The summed E-state index contributed by atoms with van der Waals surface area (Å²) in [5.74, 6) is 0.812. The van der Waals surface area contributed by atoms with Crippen molar-refractivity contribution in [2.24, 2.45) is 0 Å². The zero-order valence-corrected chi connectivity index (χ0v) is 12.4. The lowest BCUT2D eigenvalue weighted by Crippen LogP contribution is -2.12. The zero-order valence-electron chi connectivity index (χ0n) is 12.4. The van der Waals surface area contributed by atoms with Crippen LogP contribution in [0.15, 0.2) is 47.1 Å². The summed E-state index contributed by atoms with van der Waals surface area (Å²) >= 11 is 0. The average molecular weight is 310 g/mol. The molecule has 0 bridgehead atoms. The van der Waals surface area contributed by atoms with Crippen molar-refractivity contribution in [3.63, 3.8) is 0 Å². The van der Waals surface area contributed by atoms with Crippen molar-refractivity contribution in [1.29, 1.82) is 0 Å². The van der Waals surface area contributed by atoms with Gasteiger partial charge in [-0.25, -0.2) is 4.39 Å². The van der Waals surface area contributed by atoms with Crippen LogP contribution >= 0.6 is 0 Å². The lowest BCUT2D eigenvalue weighted by atomic mass is 10.1. The summed E-state index contributed by atoms with van der Waals surface area (Å²) in [5, 5.41) is 7.32. The molecule has 6 heteroatoms. The number of benzene rings is 1. The summed E-state index contributed by atoms with van der Waals surface area (Å²) in [4.78, 5) is 8.78. The third-order valence-corrected chi connectivity index (χ3v) is 3.95. The van der Waals surface area contributed by atoms with Crippen LogP contribution in [0.5, 0.6) is 0 Å². The number of nitrogens with one attached hydrogen (secondary N) is 1. The van der Waals surface area contributed by atoms with Crippen LogP contribution in [0.3, 0.4) is 0 Å². The molecule has 5 nitrogen and oxygen atoms in total. The van der Waals surface area contributed by atoms with Crippen molar-refractivity contribution in [2.45, 2.75) is 18.9 Å². The van der Waals surface area contributed by atoms with Gasteiger partial charge in [-0.2, -0.15) is 4.98 Å². The van der Waals surface area contributed by atoms with Gasteiger partial charge in [0.25, 0.3) is 0 Å². The molecule has 1 atom stereocenters. The van der Waals surface area contributed by atoms with Crippen LogP contribution in [0.2, 0.25) is 0 Å². The van der Waals surface area contributed by atoms with Crippen molar-refractivity contribution in [3.05, 3.63) is 54.3 Å². The Hall–Kier alpha value is -2.60. The molecule has 0 amide bonds. The van der Waals surface area contributed by atoms with Crippen molar-refractivity contribution in [3.8, 4) is 22.6 Å². The maximum Gasteiger partial charge on any atom is 0.244 e. The third kappa shape index (κ3) is 2.85. The molecule has 1 N–H and O–H groups in total. The molecule has 1 aromatic carbocycles. The van der Waals surface area contributed by atoms with Gasteiger partial charge in [-0.05, 0) is 43.1 Å². The lowest BCUT2D eigenvalue weighted by Gasteiger charge is -2.02. The molecular formula is C17H15FN4O. The molecule has 1 aliphatic heterocycles.